The summed E-state index contributed by atoms with van der Waals surface area (Å²) >= 11 is 0. The Morgan fingerprint density at radius 3 is 2.89 bits per heavy atom. The van der Waals surface area contributed by atoms with Crippen molar-refractivity contribution in [3.05, 3.63) is 48.0 Å². The van der Waals surface area contributed by atoms with Gasteiger partial charge in [-0.05, 0) is 38.4 Å². The monoisotopic (exact) mass is 256 g/mol. The zero-order valence-corrected chi connectivity index (χ0v) is 11.0. The third-order valence-corrected chi connectivity index (χ3v) is 2.89. The lowest BCUT2D eigenvalue weighted by atomic mass is 10.2. The van der Waals surface area contributed by atoms with E-state index in [9.17, 15) is 0 Å². The average Bonchev–Trinajstić information content (AvgIpc) is 2.93. The minimum atomic E-state index is 0.0866. The summed E-state index contributed by atoms with van der Waals surface area (Å²) in [5, 5.41) is 12.2. The molecule has 1 atom stereocenters. The predicted octanol–water partition coefficient (Wildman–Crippen LogP) is 2.26. The third-order valence-electron chi connectivity index (χ3n) is 2.89. The van der Waals surface area contributed by atoms with Crippen LogP contribution < -0.4 is 5.32 Å². The zero-order chi connectivity index (χ0) is 13.7. The summed E-state index contributed by atoms with van der Waals surface area (Å²) in [4.78, 5) is 6.24. The fourth-order valence-electron chi connectivity index (χ4n) is 1.85. The van der Waals surface area contributed by atoms with Crippen molar-refractivity contribution in [1.29, 1.82) is 5.26 Å². The molecule has 5 heteroatoms. The van der Waals surface area contributed by atoms with Gasteiger partial charge in [-0.1, -0.05) is 0 Å². The molecule has 1 unspecified atom stereocenters. The van der Waals surface area contributed by atoms with Gasteiger partial charge >= 0.3 is 0 Å². The van der Waals surface area contributed by atoms with Crippen molar-refractivity contribution in [2.45, 2.75) is 6.04 Å². The Hall–Kier alpha value is -2.32. The van der Waals surface area contributed by atoms with Crippen molar-refractivity contribution in [1.82, 2.24) is 9.88 Å². The number of nitrogens with one attached hydrogen (secondary N) is 1. The van der Waals surface area contributed by atoms with Gasteiger partial charge in [0.2, 0.25) is 0 Å². The minimum Gasteiger partial charge on any atom is -0.468 e. The molecule has 1 N–H and O–H groups in total. The molecule has 2 aromatic heterocycles. The fourth-order valence-corrected chi connectivity index (χ4v) is 1.85. The topological polar surface area (TPSA) is 65.1 Å². The van der Waals surface area contributed by atoms with Gasteiger partial charge in [0.1, 0.15) is 17.6 Å². The number of likely N-dealkylation sites (N-methyl/N-ethyl adjacent to an activating group) is 1. The highest BCUT2D eigenvalue weighted by atomic mass is 16.3. The van der Waals surface area contributed by atoms with E-state index in [1.807, 2.05) is 26.2 Å². The molecule has 0 aromatic carbocycles. The number of rotatable bonds is 5. The van der Waals surface area contributed by atoms with Crippen LogP contribution in [0.2, 0.25) is 0 Å². The molecule has 0 saturated heterocycles. The molecule has 0 aliphatic carbocycles. The minimum absolute atomic E-state index is 0.0866. The molecule has 98 valence electrons. The van der Waals surface area contributed by atoms with Crippen molar-refractivity contribution in [2.24, 2.45) is 0 Å². The molecular weight excluding hydrogens is 240 g/mol. The van der Waals surface area contributed by atoms with Gasteiger partial charge in [-0.2, -0.15) is 5.26 Å². The Kier molecular flexibility index (Phi) is 4.16. The molecule has 0 radical (unpaired) electrons. The van der Waals surface area contributed by atoms with Crippen molar-refractivity contribution in [3.63, 3.8) is 0 Å². The first-order chi connectivity index (χ1) is 9.22. The molecule has 0 saturated carbocycles. The smallest absolute Gasteiger partial charge is 0.143 e. The number of nitriles is 1. The van der Waals surface area contributed by atoms with E-state index in [1.165, 1.54) is 0 Å². The largest absolute Gasteiger partial charge is 0.468 e. The van der Waals surface area contributed by atoms with Crippen molar-refractivity contribution in [2.75, 3.05) is 26.0 Å². The first-order valence-corrected chi connectivity index (χ1v) is 6.01. The predicted molar refractivity (Wildman–Crippen MR) is 72.6 cm³/mol. The summed E-state index contributed by atoms with van der Waals surface area (Å²) in [5.74, 6) is 1.48. The number of furan rings is 1. The Labute approximate surface area is 112 Å². The summed E-state index contributed by atoms with van der Waals surface area (Å²) < 4.78 is 5.43. The van der Waals surface area contributed by atoms with Crippen LogP contribution in [0.4, 0.5) is 5.82 Å². The Morgan fingerprint density at radius 1 is 1.42 bits per heavy atom. The molecule has 0 spiro atoms. The van der Waals surface area contributed by atoms with E-state index in [0.29, 0.717) is 17.9 Å². The number of hydrogen-bond donors (Lipinski definition) is 1. The highest BCUT2D eigenvalue weighted by molar-refractivity contribution is 5.51. The van der Waals surface area contributed by atoms with Crippen LogP contribution >= 0.6 is 0 Å². The summed E-state index contributed by atoms with van der Waals surface area (Å²) in [6.45, 7) is 0.617. The SMILES string of the molecule is CN(C)C(CNc1ncccc1C#N)c1ccco1. The lowest BCUT2D eigenvalue weighted by Crippen LogP contribution is -2.26. The van der Waals surface area contributed by atoms with Crippen LogP contribution in [-0.2, 0) is 0 Å². The molecule has 2 rings (SSSR count). The summed E-state index contributed by atoms with van der Waals surface area (Å²) in [6.07, 6.45) is 3.33. The molecule has 0 amide bonds. The second-order valence-corrected chi connectivity index (χ2v) is 4.39. The van der Waals surface area contributed by atoms with E-state index < -0.39 is 0 Å². The average molecular weight is 256 g/mol. The standard InChI is InChI=1S/C14H16N4O/c1-18(2)12(13-6-4-8-19-13)10-17-14-11(9-15)5-3-7-16-14/h3-8,12H,10H2,1-2H3,(H,16,17). The maximum atomic E-state index is 9.02. The normalized spacial score (nSPS) is 12.1. The van der Waals surface area contributed by atoms with Crippen LogP contribution in [0.25, 0.3) is 0 Å². The van der Waals surface area contributed by atoms with Crippen molar-refractivity contribution in [3.8, 4) is 6.07 Å². The molecule has 2 aromatic rings. The van der Waals surface area contributed by atoms with Gasteiger partial charge in [0.05, 0.1) is 17.9 Å². The molecule has 0 fully saturated rings. The van der Waals surface area contributed by atoms with Crippen molar-refractivity contribution < 1.29 is 4.42 Å². The number of hydrogen-bond acceptors (Lipinski definition) is 5. The zero-order valence-electron chi connectivity index (χ0n) is 11.0. The van der Waals surface area contributed by atoms with E-state index in [1.54, 1.807) is 24.6 Å². The number of nitrogens with zero attached hydrogens (tertiary/aromatic N) is 3. The first kappa shape index (κ1) is 13.1. The highest BCUT2D eigenvalue weighted by Gasteiger charge is 2.17. The lowest BCUT2D eigenvalue weighted by molar-refractivity contribution is 0.269. The van der Waals surface area contributed by atoms with E-state index in [4.69, 9.17) is 9.68 Å². The number of aromatic nitrogens is 1. The Balaban J connectivity index is 2.10. The van der Waals surface area contributed by atoms with Crippen LogP contribution in [0.5, 0.6) is 0 Å². The van der Waals surface area contributed by atoms with E-state index in [0.717, 1.165) is 5.76 Å². The lowest BCUT2D eigenvalue weighted by Gasteiger charge is -2.23. The van der Waals surface area contributed by atoms with Crippen LogP contribution in [-0.4, -0.2) is 30.5 Å². The second-order valence-electron chi connectivity index (χ2n) is 4.39. The van der Waals surface area contributed by atoms with Crippen LogP contribution in [0.15, 0.2) is 41.1 Å². The Morgan fingerprint density at radius 2 is 2.26 bits per heavy atom. The fraction of sp³-hybridized carbons (Fsp3) is 0.286. The summed E-state index contributed by atoms with van der Waals surface area (Å²) in [5.41, 5.74) is 0.541. The molecule has 0 bridgehead atoms. The second kappa shape index (κ2) is 6.03. The maximum Gasteiger partial charge on any atom is 0.143 e. The summed E-state index contributed by atoms with van der Waals surface area (Å²) in [6, 6.07) is 9.51. The van der Waals surface area contributed by atoms with E-state index >= 15 is 0 Å². The van der Waals surface area contributed by atoms with Crippen LogP contribution in [0, 0.1) is 11.3 Å². The van der Waals surface area contributed by atoms with Gasteiger partial charge in [-0.3, -0.25) is 4.90 Å². The van der Waals surface area contributed by atoms with Crippen molar-refractivity contribution >= 4 is 5.82 Å². The molecule has 0 aliphatic heterocycles. The van der Waals surface area contributed by atoms with E-state index in [2.05, 4.69) is 21.3 Å². The number of anilines is 1. The number of pyridine rings is 1. The van der Waals surface area contributed by atoms with Gasteiger partial charge in [0.15, 0.2) is 0 Å². The molecule has 2 heterocycles. The van der Waals surface area contributed by atoms with Gasteiger partial charge < -0.3 is 9.73 Å². The van der Waals surface area contributed by atoms with Gasteiger partial charge in [0.25, 0.3) is 0 Å². The van der Waals surface area contributed by atoms with Gasteiger partial charge in [0, 0.05) is 12.7 Å². The van der Waals surface area contributed by atoms with Gasteiger partial charge in [-0.25, -0.2) is 4.98 Å². The molecule has 0 aliphatic rings. The summed E-state index contributed by atoms with van der Waals surface area (Å²) in [7, 11) is 3.97. The van der Waals surface area contributed by atoms with Crippen LogP contribution in [0.1, 0.15) is 17.4 Å². The first-order valence-electron chi connectivity index (χ1n) is 6.01. The van der Waals surface area contributed by atoms with E-state index in [-0.39, 0.29) is 6.04 Å². The quantitative estimate of drug-likeness (QED) is 0.889. The maximum absolute atomic E-state index is 9.02. The van der Waals surface area contributed by atoms with Crippen LogP contribution in [0.3, 0.4) is 0 Å². The molecular formula is C14H16N4O. The highest BCUT2D eigenvalue weighted by Crippen LogP contribution is 2.20. The molecule has 19 heavy (non-hydrogen) atoms. The Bertz CT molecular complexity index is 557. The molecule has 5 nitrogen and oxygen atoms in total. The third kappa shape index (κ3) is 3.12. The van der Waals surface area contributed by atoms with Gasteiger partial charge in [-0.15, -0.1) is 0 Å².